The molecule has 1 aliphatic carbocycles. The van der Waals surface area contributed by atoms with Gasteiger partial charge in [-0.1, -0.05) is 32.9 Å². The van der Waals surface area contributed by atoms with Gasteiger partial charge in [0, 0.05) is 16.7 Å². The number of hydrogen-bond donors (Lipinski definition) is 2. The van der Waals surface area contributed by atoms with Crippen molar-refractivity contribution in [3.8, 4) is 0 Å². The molecule has 0 amide bonds. The SMILES string of the molecule is CC(C)(C)c1ccc(SCC(NC2CC2)C(=O)O)cc1. The second-order valence-electron chi connectivity index (χ2n) is 6.42. The predicted molar refractivity (Wildman–Crippen MR) is 83.4 cm³/mol. The molecule has 2 rings (SSSR count). The average Bonchev–Trinajstić information content (AvgIpc) is 3.17. The summed E-state index contributed by atoms with van der Waals surface area (Å²) >= 11 is 1.60. The monoisotopic (exact) mass is 293 g/mol. The maximum absolute atomic E-state index is 11.2. The number of benzene rings is 1. The van der Waals surface area contributed by atoms with Gasteiger partial charge >= 0.3 is 5.97 Å². The third kappa shape index (κ3) is 4.53. The molecule has 0 spiro atoms. The molecule has 0 heterocycles. The number of thioether (sulfide) groups is 1. The topological polar surface area (TPSA) is 49.3 Å². The van der Waals surface area contributed by atoms with Crippen LogP contribution in [-0.4, -0.2) is 28.9 Å². The minimum absolute atomic E-state index is 0.153. The van der Waals surface area contributed by atoms with E-state index in [0.717, 1.165) is 17.7 Å². The molecule has 1 saturated carbocycles. The summed E-state index contributed by atoms with van der Waals surface area (Å²) in [5.74, 6) is -0.184. The molecule has 2 N–H and O–H groups in total. The number of hydrogen-bond acceptors (Lipinski definition) is 3. The first kappa shape index (κ1) is 15.4. The van der Waals surface area contributed by atoms with Crippen LogP contribution < -0.4 is 5.32 Å². The van der Waals surface area contributed by atoms with Gasteiger partial charge < -0.3 is 10.4 Å². The first-order valence-corrected chi connectivity index (χ1v) is 8.07. The van der Waals surface area contributed by atoms with E-state index in [0.29, 0.717) is 11.8 Å². The van der Waals surface area contributed by atoms with E-state index in [9.17, 15) is 9.90 Å². The highest BCUT2D eigenvalue weighted by molar-refractivity contribution is 7.99. The van der Waals surface area contributed by atoms with E-state index in [1.807, 2.05) is 0 Å². The summed E-state index contributed by atoms with van der Waals surface area (Å²) < 4.78 is 0. The maximum Gasteiger partial charge on any atom is 0.321 e. The number of nitrogens with one attached hydrogen (secondary N) is 1. The lowest BCUT2D eigenvalue weighted by molar-refractivity contribution is -0.138. The summed E-state index contributed by atoms with van der Waals surface area (Å²) in [6, 6.07) is 8.40. The van der Waals surface area contributed by atoms with Gasteiger partial charge in [0.25, 0.3) is 0 Å². The van der Waals surface area contributed by atoms with E-state index in [-0.39, 0.29) is 5.41 Å². The Morgan fingerprint density at radius 2 is 1.95 bits per heavy atom. The fraction of sp³-hybridized carbons (Fsp3) is 0.562. The van der Waals surface area contributed by atoms with Crippen LogP contribution in [-0.2, 0) is 10.2 Å². The first-order valence-electron chi connectivity index (χ1n) is 7.08. The van der Waals surface area contributed by atoms with Gasteiger partial charge in [-0.25, -0.2) is 0 Å². The third-order valence-corrected chi connectivity index (χ3v) is 4.55. The largest absolute Gasteiger partial charge is 0.480 e. The van der Waals surface area contributed by atoms with Crippen molar-refractivity contribution in [3.05, 3.63) is 29.8 Å². The summed E-state index contributed by atoms with van der Waals surface area (Å²) in [5, 5.41) is 12.4. The molecule has 1 aromatic rings. The Morgan fingerprint density at radius 3 is 2.40 bits per heavy atom. The van der Waals surface area contributed by atoms with E-state index in [1.165, 1.54) is 5.56 Å². The Balaban J connectivity index is 1.90. The van der Waals surface area contributed by atoms with E-state index in [2.05, 4.69) is 50.4 Å². The molecule has 0 aromatic heterocycles. The minimum atomic E-state index is -0.754. The normalized spacial score (nSPS) is 16.9. The summed E-state index contributed by atoms with van der Waals surface area (Å²) in [4.78, 5) is 12.3. The number of aliphatic carboxylic acids is 1. The molecule has 1 aliphatic rings. The second-order valence-corrected chi connectivity index (χ2v) is 7.51. The van der Waals surface area contributed by atoms with Crippen LogP contribution in [0.2, 0.25) is 0 Å². The Kier molecular flexibility index (Phi) is 4.76. The molecule has 0 radical (unpaired) electrons. The van der Waals surface area contributed by atoms with Crippen molar-refractivity contribution in [2.24, 2.45) is 0 Å². The van der Waals surface area contributed by atoms with Crippen LogP contribution in [0.1, 0.15) is 39.2 Å². The third-order valence-electron chi connectivity index (χ3n) is 3.45. The molecule has 1 unspecified atom stereocenters. The molecular formula is C16H23NO2S. The van der Waals surface area contributed by atoms with Crippen molar-refractivity contribution >= 4 is 17.7 Å². The lowest BCUT2D eigenvalue weighted by atomic mass is 9.87. The van der Waals surface area contributed by atoms with Crippen molar-refractivity contribution < 1.29 is 9.90 Å². The predicted octanol–water partition coefficient (Wildman–Crippen LogP) is 3.28. The highest BCUT2D eigenvalue weighted by atomic mass is 32.2. The van der Waals surface area contributed by atoms with E-state index < -0.39 is 12.0 Å². The van der Waals surface area contributed by atoms with E-state index >= 15 is 0 Å². The lowest BCUT2D eigenvalue weighted by Gasteiger charge is -2.19. The molecular weight excluding hydrogens is 270 g/mol. The molecule has 110 valence electrons. The van der Waals surface area contributed by atoms with Crippen molar-refractivity contribution in [1.82, 2.24) is 5.32 Å². The van der Waals surface area contributed by atoms with Crippen LogP contribution in [0.25, 0.3) is 0 Å². The standard InChI is InChI=1S/C16H23NO2S/c1-16(2,3)11-4-8-13(9-5-11)20-10-14(15(18)19)17-12-6-7-12/h4-5,8-9,12,14,17H,6-7,10H2,1-3H3,(H,18,19). The van der Waals surface area contributed by atoms with Crippen LogP contribution in [0.5, 0.6) is 0 Å². The van der Waals surface area contributed by atoms with Gasteiger partial charge in [-0.3, -0.25) is 4.79 Å². The zero-order valence-electron chi connectivity index (χ0n) is 12.3. The van der Waals surface area contributed by atoms with Gasteiger partial charge in [0.1, 0.15) is 6.04 Å². The van der Waals surface area contributed by atoms with Crippen LogP contribution in [0.3, 0.4) is 0 Å². The molecule has 1 atom stereocenters. The van der Waals surface area contributed by atoms with Gasteiger partial charge in [-0.05, 0) is 36.0 Å². The van der Waals surface area contributed by atoms with Gasteiger partial charge in [-0.2, -0.15) is 0 Å². The molecule has 4 heteroatoms. The molecule has 1 fully saturated rings. The number of carboxylic acids is 1. The number of carbonyl (C=O) groups is 1. The Labute approximate surface area is 125 Å². The summed E-state index contributed by atoms with van der Waals surface area (Å²) in [7, 11) is 0. The molecule has 0 aliphatic heterocycles. The highest BCUT2D eigenvalue weighted by Crippen LogP contribution is 2.26. The van der Waals surface area contributed by atoms with Crippen molar-refractivity contribution in [3.63, 3.8) is 0 Å². The zero-order chi connectivity index (χ0) is 14.8. The molecule has 0 bridgehead atoms. The average molecular weight is 293 g/mol. The Morgan fingerprint density at radius 1 is 1.35 bits per heavy atom. The van der Waals surface area contributed by atoms with Crippen LogP contribution in [0.4, 0.5) is 0 Å². The summed E-state index contributed by atoms with van der Waals surface area (Å²) in [6.45, 7) is 6.57. The van der Waals surface area contributed by atoms with Gasteiger partial charge in [-0.15, -0.1) is 11.8 Å². The molecule has 1 aromatic carbocycles. The summed E-state index contributed by atoms with van der Waals surface area (Å²) in [6.07, 6.45) is 2.21. The van der Waals surface area contributed by atoms with Crippen LogP contribution in [0, 0.1) is 0 Å². The van der Waals surface area contributed by atoms with Gasteiger partial charge in [0.15, 0.2) is 0 Å². The maximum atomic E-state index is 11.2. The van der Waals surface area contributed by atoms with Crippen LogP contribution >= 0.6 is 11.8 Å². The zero-order valence-corrected chi connectivity index (χ0v) is 13.2. The van der Waals surface area contributed by atoms with Crippen LogP contribution in [0.15, 0.2) is 29.2 Å². The van der Waals surface area contributed by atoms with Crippen molar-refractivity contribution in [1.29, 1.82) is 0 Å². The highest BCUT2D eigenvalue weighted by Gasteiger charge is 2.28. The number of carboxylic acid groups (broad SMARTS) is 1. The lowest BCUT2D eigenvalue weighted by Crippen LogP contribution is -2.40. The van der Waals surface area contributed by atoms with Gasteiger partial charge in [0.2, 0.25) is 0 Å². The molecule has 20 heavy (non-hydrogen) atoms. The fourth-order valence-corrected chi connectivity index (χ4v) is 2.88. The smallest absolute Gasteiger partial charge is 0.321 e. The quantitative estimate of drug-likeness (QED) is 0.790. The van der Waals surface area contributed by atoms with Crippen molar-refractivity contribution in [2.75, 3.05) is 5.75 Å². The van der Waals surface area contributed by atoms with Crippen molar-refractivity contribution in [2.45, 2.75) is 56.0 Å². The fourth-order valence-electron chi connectivity index (χ4n) is 1.96. The Bertz CT molecular complexity index is 460. The molecule has 0 saturated heterocycles. The molecule has 3 nitrogen and oxygen atoms in total. The number of rotatable bonds is 6. The van der Waals surface area contributed by atoms with E-state index in [1.54, 1.807) is 11.8 Å². The first-order chi connectivity index (χ1) is 9.36. The van der Waals surface area contributed by atoms with Gasteiger partial charge in [0.05, 0.1) is 0 Å². The van der Waals surface area contributed by atoms with E-state index in [4.69, 9.17) is 0 Å². The minimum Gasteiger partial charge on any atom is -0.480 e. The Hall–Kier alpha value is -1.00. The summed E-state index contributed by atoms with van der Waals surface area (Å²) in [5.41, 5.74) is 1.45. The second kappa shape index (κ2) is 6.19.